The minimum atomic E-state index is -0.274. The third-order valence-electron chi connectivity index (χ3n) is 3.66. The van der Waals surface area contributed by atoms with E-state index in [1.54, 1.807) is 12.1 Å². The molecule has 1 aromatic heterocycles. The zero-order valence-corrected chi connectivity index (χ0v) is 14.1. The molecule has 0 aliphatic rings. The second kappa shape index (κ2) is 7.36. The van der Waals surface area contributed by atoms with Crippen LogP contribution in [0.25, 0.3) is 10.6 Å². The molecule has 5 heteroatoms. The fourth-order valence-electron chi connectivity index (χ4n) is 2.42. The second-order valence-electron chi connectivity index (χ2n) is 5.39. The van der Waals surface area contributed by atoms with Crippen LogP contribution in [0.5, 0.6) is 0 Å². The van der Waals surface area contributed by atoms with Crippen molar-refractivity contribution < 1.29 is 9.18 Å². The number of carbonyl (C=O) groups excluding carboxylic acids is 1. The zero-order chi connectivity index (χ0) is 16.9. The number of nitrogens with zero attached hydrogens (tertiary/aromatic N) is 1. The smallest absolute Gasteiger partial charge is 0.230 e. The summed E-state index contributed by atoms with van der Waals surface area (Å²) in [5.41, 5.74) is 3.52. The van der Waals surface area contributed by atoms with E-state index in [-0.39, 0.29) is 18.1 Å². The highest BCUT2D eigenvalue weighted by Crippen LogP contribution is 2.24. The van der Waals surface area contributed by atoms with Crippen LogP contribution >= 0.6 is 11.3 Å². The van der Waals surface area contributed by atoms with E-state index < -0.39 is 0 Å². The summed E-state index contributed by atoms with van der Waals surface area (Å²) in [6.07, 6.45) is 1.08. The van der Waals surface area contributed by atoms with Crippen LogP contribution in [-0.4, -0.2) is 10.9 Å². The van der Waals surface area contributed by atoms with E-state index in [1.807, 2.05) is 29.6 Å². The van der Waals surface area contributed by atoms with Crippen LogP contribution in [0.2, 0.25) is 0 Å². The molecule has 122 valence electrons. The molecule has 0 atom stereocenters. The van der Waals surface area contributed by atoms with Crippen molar-refractivity contribution in [1.82, 2.24) is 4.98 Å². The average molecular weight is 340 g/mol. The molecule has 0 spiro atoms. The molecule has 0 bridgehead atoms. The molecular formula is C19H17FN2OS. The molecule has 0 saturated carbocycles. The Morgan fingerprint density at radius 3 is 2.67 bits per heavy atom. The second-order valence-corrected chi connectivity index (χ2v) is 6.24. The van der Waals surface area contributed by atoms with E-state index in [0.29, 0.717) is 5.69 Å². The van der Waals surface area contributed by atoms with E-state index in [2.05, 4.69) is 17.2 Å². The normalized spacial score (nSPS) is 10.6. The maximum Gasteiger partial charge on any atom is 0.230 e. The molecule has 0 unspecified atom stereocenters. The number of amides is 1. The summed E-state index contributed by atoms with van der Waals surface area (Å²) in [4.78, 5) is 16.7. The van der Waals surface area contributed by atoms with E-state index in [4.69, 9.17) is 0 Å². The summed E-state index contributed by atoms with van der Waals surface area (Å²) in [5.74, 6) is -0.364. The molecule has 24 heavy (non-hydrogen) atoms. The average Bonchev–Trinajstić information content (AvgIpc) is 3.04. The van der Waals surface area contributed by atoms with Crippen LogP contribution in [0.3, 0.4) is 0 Å². The Morgan fingerprint density at radius 2 is 1.92 bits per heavy atom. The van der Waals surface area contributed by atoms with Gasteiger partial charge in [0.05, 0.1) is 12.1 Å². The number of halogens is 1. The van der Waals surface area contributed by atoms with Crippen LogP contribution in [0.4, 0.5) is 10.1 Å². The van der Waals surface area contributed by atoms with Crippen molar-refractivity contribution in [2.24, 2.45) is 0 Å². The van der Waals surface area contributed by atoms with Crippen molar-refractivity contribution in [3.8, 4) is 10.6 Å². The third-order valence-corrected chi connectivity index (χ3v) is 4.60. The SMILES string of the molecule is CCc1ccccc1NC(=O)Cc1csc(-c2ccc(F)cc2)n1. The van der Waals surface area contributed by atoms with Crippen molar-refractivity contribution in [1.29, 1.82) is 0 Å². The Labute approximate surface area is 144 Å². The van der Waals surface area contributed by atoms with Gasteiger partial charge in [0.15, 0.2) is 0 Å². The number of aromatic nitrogens is 1. The maximum absolute atomic E-state index is 13.0. The van der Waals surface area contributed by atoms with Crippen LogP contribution in [-0.2, 0) is 17.6 Å². The van der Waals surface area contributed by atoms with E-state index >= 15 is 0 Å². The number of hydrogen-bond acceptors (Lipinski definition) is 3. The van der Waals surface area contributed by atoms with Crippen molar-refractivity contribution in [3.05, 3.63) is 71.0 Å². The molecular weight excluding hydrogens is 323 g/mol. The number of hydrogen-bond donors (Lipinski definition) is 1. The molecule has 2 aromatic carbocycles. The van der Waals surface area contributed by atoms with Gasteiger partial charge in [0, 0.05) is 16.6 Å². The number of nitrogens with one attached hydrogen (secondary N) is 1. The van der Waals surface area contributed by atoms with Gasteiger partial charge in [-0.15, -0.1) is 11.3 Å². The first-order chi connectivity index (χ1) is 11.7. The highest BCUT2D eigenvalue weighted by atomic mass is 32.1. The summed E-state index contributed by atoms with van der Waals surface area (Å²) in [6.45, 7) is 2.06. The minimum Gasteiger partial charge on any atom is -0.325 e. The highest BCUT2D eigenvalue weighted by Gasteiger charge is 2.10. The molecule has 0 saturated heterocycles. The van der Waals surface area contributed by atoms with Crippen LogP contribution < -0.4 is 5.32 Å². The van der Waals surface area contributed by atoms with Gasteiger partial charge >= 0.3 is 0 Å². The molecule has 1 N–H and O–H groups in total. The van der Waals surface area contributed by atoms with Gasteiger partial charge in [-0.1, -0.05) is 25.1 Å². The number of para-hydroxylation sites is 1. The molecule has 1 heterocycles. The monoisotopic (exact) mass is 340 g/mol. The maximum atomic E-state index is 13.0. The summed E-state index contributed by atoms with van der Waals surface area (Å²) in [6, 6.07) is 14.0. The zero-order valence-electron chi connectivity index (χ0n) is 13.3. The summed E-state index contributed by atoms with van der Waals surface area (Å²) >= 11 is 1.45. The summed E-state index contributed by atoms with van der Waals surface area (Å²) < 4.78 is 13.0. The van der Waals surface area contributed by atoms with Gasteiger partial charge in [0.1, 0.15) is 10.8 Å². The van der Waals surface area contributed by atoms with Gasteiger partial charge in [-0.2, -0.15) is 0 Å². The Kier molecular flexibility index (Phi) is 5.01. The van der Waals surface area contributed by atoms with E-state index in [1.165, 1.54) is 23.5 Å². The third kappa shape index (κ3) is 3.86. The molecule has 1 amide bonds. The van der Waals surface area contributed by atoms with E-state index in [9.17, 15) is 9.18 Å². The number of anilines is 1. The fraction of sp³-hybridized carbons (Fsp3) is 0.158. The van der Waals surface area contributed by atoms with Gasteiger partial charge in [-0.05, 0) is 42.3 Å². The predicted molar refractivity (Wildman–Crippen MR) is 95.7 cm³/mol. The molecule has 3 aromatic rings. The van der Waals surface area contributed by atoms with Crippen molar-refractivity contribution in [3.63, 3.8) is 0 Å². The van der Waals surface area contributed by atoms with Gasteiger partial charge in [0.25, 0.3) is 0 Å². The summed E-state index contributed by atoms with van der Waals surface area (Å²) in [7, 11) is 0. The van der Waals surface area contributed by atoms with Gasteiger partial charge in [0.2, 0.25) is 5.91 Å². The molecule has 0 fully saturated rings. The number of thiazole rings is 1. The Bertz CT molecular complexity index is 843. The van der Waals surface area contributed by atoms with Gasteiger partial charge in [-0.25, -0.2) is 9.37 Å². The van der Waals surface area contributed by atoms with Gasteiger partial charge in [-0.3, -0.25) is 4.79 Å². The molecule has 0 radical (unpaired) electrons. The largest absolute Gasteiger partial charge is 0.325 e. The Balaban J connectivity index is 1.68. The number of benzene rings is 2. The fourth-order valence-corrected chi connectivity index (χ4v) is 3.25. The quantitative estimate of drug-likeness (QED) is 0.732. The lowest BCUT2D eigenvalue weighted by Crippen LogP contribution is -2.15. The molecule has 3 nitrogen and oxygen atoms in total. The Hall–Kier alpha value is -2.53. The molecule has 3 rings (SSSR count). The minimum absolute atomic E-state index is 0.0909. The van der Waals surface area contributed by atoms with Crippen LogP contribution in [0.15, 0.2) is 53.9 Å². The number of carbonyl (C=O) groups is 1. The molecule has 0 aliphatic carbocycles. The summed E-state index contributed by atoms with van der Waals surface area (Å²) in [5, 5.41) is 5.59. The van der Waals surface area contributed by atoms with Crippen LogP contribution in [0.1, 0.15) is 18.2 Å². The predicted octanol–water partition coefficient (Wildman–Crippen LogP) is 4.69. The first kappa shape index (κ1) is 16.3. The Morgan fingerprint density at radius 1 is 1.17 bits per heavy atom. The van der Waals surface area contributed by atoms with E-state index in [0.717, 1.165) is 28.2 Å². The van der Waals surface area contributed by atoms with Crippen molar-refractivity contribution in [2.45, 2.75) is 19.8 Å². The molecule has 0 aliphatic heterocycles. The topological polar surface area (TPSA) is 42.0 Å². The van der Waals surface area contributed by atoms with Gasteiger partial charge < -0.3 is 5.32 Å². The van der Waals surface area contributed by atoms with Crippen molar-refractivity contribution in [2.75, 3.05) is 5.32 Å². The number of rotatable bonds is 5. The number of aryl methyl sites for hydroxylation is 1. The lowest BCUT2D eigenvalue weighted by molar-refractivity contribution is -0.115. The lowest BCUT2D eigenvalue weighted by Gasteiger charge is -2.08. The first-order valence-electron chi connectivity index (χ1n) is 7.74. The van der Waals surface area contributed by atoms with Crippen LogP contribution in [0, 0.1) is 5.82 Å². The lowest BCUT2D eigenvalue weighted by atomic mass is 10.1. The highest BCUT2D eigenvalue weighted by molar-refractivity contribution is 7.13. The standard InChI is InChI=1S/C19H17FN2OS/c1-2-13-5-3-4-6-17(13)22-18(23)11-16-12-24-19(21-16)14-7-9-15(20)10-8-14/h3-10,12H,2,11H2,1H3,(H,22,23). The van der Waals surface area contributed by atoms with Crippen molar-refractivity contribution >= 4 is 22.9 Å². The first-order valence-corrected chi connectivity index (χ1v) is 8.61.